The van der Waals surface area contributed by atoms with Crippen molar-refractivity contribution in [2.75, 3.05) is 13.2 Å². The van der Waals surface area contributed by atoms with Crippen LogP contribution in [0, 0.1) is 11.8 Å². The average molecular weight is 275 g/mol. The maximum atomic E-state index is 6.18. The Bertz CT molecular complexity index is 381. The Labute approximate surface area is 123 Å². The summed E-state index contributed by atoms with van der Waals surface area (Å²) < 4.78 is 5.73. The molecule has 2 nitrogen and oxygen atoms in total. The van der Waals surface area contributed by atoms with Crippen LogP contribution in [0.5, 0.6) is 0 Å². The van der Waals surface area contributed by atoms with Crippen LogP contribution in [-0.2, 0) is 11.2 Å². The third-order valence-corrected chi connectivity index (χ3v) is 4.24. The summed E-state index contributed by atoms with van der Waals surface area (Å²) in [4.78, 5) is 0. The molecule has 112 valence electrons. The predicted molar refractivity (Wildman–Crippen MR) is 84.7 cm³/mol. The molecule has 1 saturated carbocycles. The quantitative estimate of drug-likeness (QED) is 0.725. The first-order chi connectivity index (χ1) is 9.65. The molecule has 0 amide bonds. The number of ether oxygens (including phenoxy) is 1. The Morgan fingerprint density at radius 3 is 2.45 bits per heavy atom. The Hall–Kier alpha value is -0.860. The fourth-order valence-corrected chi connectivity index (χ4v) is 2.71. The molecule has 1 unspecified atom stereocenters. The van der Waals surface area contributed by atoms with Crippen LogP contribution in [-0.4, -0.2) is 13.2 Å². The van der Waals surface area contributed by atoms with Crippen molar-refractivity contribution in [3.63, 3.8) is 0 Å². The van der Waals surface area contributed by atoms with Gasteiger partial charge in [0.05, 0.1) is 12.6 Å². The molecule has 1 aromatic rings. The summed E-state index contributed by atoms with van der Waals surface area (Å²) in [5.41, 5.74) is 8.76. The molecule has 1 aliphatic carbocycles. The van der Waals surface area contributed by atoms with Gasteiger partial charge in [0, 0.05) is 6.61 Å². The molecule has 1 aromatic carbocycles. The molecule has 0 aromatic heterocycles. The molecule has 0 bridgehead atoms. The second-order valence-corrected chi connectivity index (χ2v) is 6.61. The number of hydrogen-bond acceptors (Lipinski definition) is 2. The minimum absolute atomic E-state index is 0.00416. The number of nitrogens with two attached hydrogens (primary N) is 1. The Morgan fingerprint density at radius 2 is 1.90 bits per heavy atom. The summed E-state index contributed by atoms with van der Waals surface area (Å²) >= 11 is 0. The number of rotatable bonds is 8. The van der Waals surface area contributed by atoms with Crippen molar-refractivity contribution < 1.29 is 4.74 Å². The highest BCUT2D eigenvalue weighted by Crippen LogP contribution is 2.29. The number of hydrogen-bond donors (Lipinski definition) is 1. The summed E-state index contributed by atoms with van der Waals surface area (Å²) in [5.74, 6) is 1.62. The molecule has 0 spiro atoms. The highest BCUT2D eigenvalue weighted by Gasteiger charge is 2.16. The SMILES string of the molecule is CC(C)Cc1ccc(C(N)COCCC2CCC2)cc1. The lowest BCUT2D eigenvalue weighted by molar-refractivity contribution is 0.0962. The minimum atomic E-state index is 0.00416. The van der Waals surface area contributed by atoms with Crippen molar-refractivity contribution in [3.8, 4) is 0 Å². The molecular weight excluding hydrogens is 246 g/mol. The van der Waals surface area contributed by atoms with Crippen molar-refractivity contribution in [1.29, 1.82) is 0 Å². The van der Waals surface area contributed by atoms with Gasteiger partial charge in [0.1, 0.15) is 0 Å². The van der Waals surface area contributed by atoms with Crippen LogP contribution in [0.3, 0.4) is 0 Å². The fraction of sp³-hybridized carbons (Fsp3) is 0.667. The molecule has 20 heavy (non-hydrogen) atoms. The van der Waals surface area contributed by atoms with Gasteiger partial charge in [-0.3, -0.25) is 0 Å². The lowest BCUT2D eigenvalue weighted by atomic mass is 9.83. The zero-order chi connectivity index (χ0) is 14.4. The maximum absolute atomic E-state index is 6.18. The topological polar surface area (TPSA) is 35.2 Å². The first-order valence-corrected chi connectivity index (χ1v) is 8.07. The van der Waals surface area contributed by atoms with Gasteiger partial charge in [-0.15, -0.1) is 0 Å². The van der Waals surface area contributed by atoms with Crippen molar-refractivity contribution in [1.82, 2.24) is 0 Å². The molecule has 0 heterocycles. The molecule has 1 fully saturated rings. The maximum Gasteiger partial charge on any atom is 0.0659 e. The van der Waals surface area contributed by atoms with Crippen LogP contribution < -0.4 is 5.73 Å². The van der Waals surface area contributed by atoms with Crippen LogP contribution in [0.25, 0.3) is 0 Å². The van der Waals surface area contributed by atoms with Gasteiger partial charge in [-0.1, -0.05) is 57.4 Å². The lowest BCUT2D eigenvalue weighted by Crippen LogP contribution is -2.19. The van der Waals surface area contributed by atoms with Crippen molar-refractivity contribution in [3.05, 3.63) is 35.4 Å². The van der Waals surface area contributed by atoms with E-state index in [0.717, 1.165) is 18.9 Å². The van der Waals surface area contributed by atoms with Gasteiger partial charge < -0.3 is 10.5 Å². The molecule has 2 N–H and O–H groups in total. The normalized spacial score (nSPS) is 17.2. The van der Waals surface area contributed by atoms with E-state index < -0.39 is 0 Å². The fourth-order valence-electron chi connectivity index (χ4n) is 2.71. The highest BCUT2D eigenvalue weighted by atomic mass is 16.5. The molecule has 0 radical (unpaired) electrons. The van der Waals surface area contributed by atoms with Crippen molar-refractivity contribution in [2.24, 2.45) is 17.6 Å². The standard InChI is InChI=1S/C18H29NO/c1-14(2)12-16-6-8-17(9-7-16)18(19)13-20-11-10-15-4-3-5-15/h6-9,14-15,18H,3-5,10-13,19H2,1-2H3. The van der Waals surface area contributed by atoms with Gasteiger partial charge in [-0.2, -0.15) is 0 Å². The van der Waals surface area contributed by atoms with Crippen LogP contribution >= 0.6 is 0 Å². The van der Waals surface area contributed by atoms with Gasteiger partial charge in [0.25, 0.3) is 0 Å². The predicted octanol–water partition coefficient (Wildman–Crippen LogP) is 4.09. The van der Waals surface area contributed by atoms with Crippen LogP contribution in [0.4, 0.5) is 0 Å². The van der Waals surface area contributed by atoms with Crippen molar-refractivity contribution in [2.45, 2.75) is 52.0 Å². The molecule has 0 aliphatic heterocycles. The second kappa shape index (κ2) is 7.80. The second-order valence-electron chi connectivity index (χ2n) is 6.61. The zero-order valence-corrected chi connectivity index (χ0v) is 13.0. The van der Waals surface area contributed by atoms with E-state index in [9.17, 15) is 0 Å². The first kappa shape index (κ1) is 15.5. The molecule has 0 saturated heterocycles. The van der Waals surface area contributed by atoms with Gasteiger partial charge in [-0.25, -0.2) is 0 Å². The Kier molecular flexibility index (Phi) is 6.06. The van der Waals surface area contributed by atoms with Gasteiger partial charge in [0.15, 0.2) is 0 Å². The summed E-state index contributed by atoms with van der Waals surface area (Å²) in [5, 5.41) is 0. The van der Waals surface area contributed by atoms with Gasteiger partial charge in [0.2, 0.25) is 0 Å². The average Bonchev–Trinajstić information content (AvgIpc) is 2.36. The molecule has 2 heteroatoms. The lowest BCUT2D eigenvalue weighted by Gasteiger charge is -2.25. The van der Waals surface area contributed by atoms with E-state index in [1.165, 1.54) is 36.8 Å². The summed E-state index contributed by atoms with van der Waals surface area (Å²) in [7, 11) is 0. The Balaban J connectivity index is 1.69. The van der Waals surface area contributed by atoms with E-state index in [2.05, 4.69) is 38.1 Å². The minimum Gasteiger partial charge on any atom is -0.379 e. The van der Waals surface area contributed by atoms with E-state index in [-0.39, 0.29) is 6.04 Å². The van der Waals surface area contributed by atoms with Gasteiger partial charge in [-0.05, 0) is 35.8 Å². The van der Waals surface area contributed by atoms with E-state index in [1.54, 1.807) is 0 Å². The molecular formula is C18H29NO. The first-order valence-electron chi connectivity index (χ1n) is 8.07. The summed E-state index contributed by atoms with van der Waals surface area (Å²) in [6.07, 6.45) is 6.54. The van der Waals surface area contributed by atoms with Crippen LogP contribution in [0.15, 0.2) is 24.3 Å². The Morgan fingerprint density at radius 1 is 1.20 bits per heavy atom. The van der Waals surface area contributed by atoms with Crippen LogP contribution in [0.1, 0.15) is 56.7 Å². The highest BCUT2D eigenvalue weighted by molar-refractivity contribution is 5.25. The van der Waals surface area contributed by atoms with E-state index in [4.69, 9.17) is 10.5 Å². The molecule has 1 atom stereocenters. The smallest absolute Gasteiger partial charge is 0.0659 e. The third-order valence-electron chi connectivity index (χ3n) is 4.24. The third kappa shape index (κ3) is 4.92. The van der Waals surface area contributed by atoms with Crippen LogP contribution in [0.2, 0.25) is 0 Å². The molecule has 2 rings (SSSR count). The summed E-state index contributed by atoms with van der Waals surface area (Å²) in [6, 6.07) is 8.70. The largest absolute Gasteiger partial charge is 0.379 e. The van der Waals surface area contributed by atoms with E-state index in [1.807, 2.05) is 0 Å². The zero-order valence-electron chi connectivity index (χ0n) is 13.0. The summed E-state index contributed by atoms with van der Waals surface area (Å²) in [6.45, 7) is 5.99. The van der Waals surface area contributed by atoms with E-state index >= 15 is 0 Å². The van der Waals surface area contributed by atoms with E-state index in [0.29, 0.717) is 12.5 Å². The monoisotopic (exact) mass is 275 g/mol. The molecule has 1 aliphatic rings. The van der Waals surface area contributed by atoms with Gasteiger partial charge >= 0.3 is 0 Å². The van der Waals surface area contributed by atoms with Crippen molar-refractivity contribution >= 4 is 0 Å². The number of benzene rings is 1.